The molecule has 1 amide bonds. The summed E-state index contributed by atoms with van der Waals surface area (Å²) in [5.74, 6) is -0.509. The van der Waals surface area contributed by atoms with Gasteiger partial charge in [0, 0.05) is 12.0 Å². The zero-order chi connectivity index (χ0) is 16.2. The van der Waals surface area contributed by atoms with Crippen molar-refractivity contribution in [2.24, 2.45) is 5.41 Å². The first kappa shape index (κ1) is 16.8. The molecular formula is C15H19F3N2O2. The third-order valence-corrected chi connectivity index (χ3v) is 3.88. The van der Waals surface area contributed by atoms with Crippen LogP contribution in [-0.2, 0) is 4.79 Å². The van der Waals surface area contributed by atoms with Gasteiger partial charge in [0.25, 0.3) is 0 Å². The van der Waals surface area contributed by atoms with E-state index in [0.717, 1.165) is 12.8 Å². The van der Waals surface area contributed by atoms with E-state index >= 15 is 0 Å². The number of alkyl halides is 3. The van der Waals surface area contributed by atoms with Crippen LogP contribution in [0.2, 0.25) is 0 Å². The fraction of sp³-hybridized carbons (Fsp3) is 0.533. The van der Waals surface area contributed by atoms with E-state index in [0.29, 0.717) is 6.54 Å². The number of halogens is 3. The van der Waals surface area contributed by atoms with E-state index in [2.05, 4.69) is 10.6 Å². The van der Waals surface area contributed by atoms with Crippen molar-refractivity contribution in [1.29, 1.82) is 0 Å². The fourth-order valence-corrected chi connectivity index (χ4v) is 2.18. The van der Waals surface area contributed by atoms with Crippen LogP contribution in [0.3, 0.4) is 0 Å². The first-order valence-electron chi connectivity index (χ1n) is 7.09. The van der Waals surface area contributed by atoms with Crippen molar-refractivity contribution in [3.8, 4) is 0 Å². The number of hydrogen-bond donors (Lipinski definition) is 3. The number of aliphatic hydroxyl groups is 1. The summed E-state index contributed by atoms with van der Waals surface area (Å²) < 4.78 is 39.2. The Labute approximate surface area is 126 Å². The quantitative estimate of drug-likeness (QED) is 0.718. The van der Waals surface area contributed by atoms with Crippen molar-refractivity contribution in [2.75, 3.05) is 19.7 Å². The van der Waals surface area contributed by atoms with E-state index < -0.39 is 24.7 Å². The monoisotopic (exact) mass is 316 g/mol. The molecule has 1 aliphatic carbocycles. The van der Waals surface area contributed by atoms with E-state index in [1.54, 1.807) is 6.07 Å². The average molecular weight is 316 g/mol. The zero-order valence-corrected chi connectivity index (χ0v) is 12.0. The Balaban J connectivity index is 1.87. The maximum Gasteiger partial charge on any atom is 0.407 e. The largest absolute Gasteiger partial charge is 0.407 e. The molecule has 3 N–H and O–H groups in total. The molecule has 0 heterocycles. The molecular weight excluding hydrogens is 297 g/mol. The van der Waals surface area contributed by atoms with Crippen molar-refractivity contribution < 1.29 is 23.1 Å². The number of carbonyl (C=O) groups is 1. The molecule has 0 radical (unpaired) electrons. The van der Waals surface area contributed by atoms with Gasteiger partial charge in [-0.2, -0.15) is 13.2 Å². The van der Waals surface area contributed by atoms with Gasteiger partial charge in [-0.1, -0.05) is 30.3 Å². The van der Waals surface area contributed by atoms with Crippen molar-refractivity contribution in [2.45, 2.75) is 25.1 Å². The van der Waals surface area contributed by atoms with Crippen LogP contribution in [0, 0.1) is 5.41 Å². The second-order valence-corrected chi connectivity index (χ2v) is 5.70. The van der Waals surface area contributed by atoms with Crippen molar-refractivity contribution in [3.63, 3.8) is 0 Å². The van der Waals surface area contributed by atoms with Crippen molar-refractivity contribution in [1.82, 2.24) is 10.6 Å². The summed E-state index contributed by atoms with van der Waals surface area (Å²) in [4.78, 5) is 11.7. The highest BCUT2D eigenvalue weighted by Crippen LogP contribution is 2.44. The van der Waals surface area contributed by atoms with Gasteiger partial charge in [-0.15, -0.1) is 0 Å². The van der Waals surface area contributed by atoms with Gasteiger partial charge in [0.15, 0.2) is 0 Å². The molecule has 4 nitrogen and oxygen atoms in total. The molecule has 7 heteroatoms. The standard InChI is InChI=1S/C15H19F3N2O2/c16-15(17,18)13(11-4-2-1-3-5-11)19-8-12(22)20-9-14(10-21)6-7-14/h1-5,13,19,21H,6-10H2,(H,20,22). The highest BCUT2D eigenvalue weighted by molar-refractivity contribution is 5.78. The van der Waals surface area contributed by atoms with Gasteiger partial charge in [0.1, 0.15) is 6.04 Å². The normalized spacial score (nSPS) is 17.8. The van der Waals surface area contributed by atoms with Crippen LogP contribution >= 0.6 is 0 Å². The molecule has 1 atom stereocenters. The Kier molecular flexibility index (Phi) is 5.08. The lowest BCUT2D eigenvalue weighted by Gasteiger charge is -2.22. The van der Waals surface area contributed by atoms with Crippen LogP contribution in [-0.4, -0.2) is 36.9 Å². The van der Waals surface area contributed by atoms with Crippen molar-refractivity contribution >= 4 is 5.91 Å². The number of rotatable bonds is 7. The minimum Gasteiger partial charge on any atom is -0.396 e. The van der Waals surface area contributed by atoms with E-state index in [1.807, 2.05) is 0 Å². The number of nitrogens with one attached hydrogen (secondary N) is 2. The summed E-state index contributed by atoms with van der Waals surface area (Å²) in [5, 5.41) is 13.9. The second-order valence-electron chi connectivity index (χ2n) is 5.70. The number of carbonyl (C=O) groups excluding carboxylic acids is 1. The number of benzene rings is 1. The van der Waals surface area contributed by atoms with E-state index in [4.69, 9.17) is 5.11 Å². The zero-order valence-electron chi connectivity index (χ0n) is 12.0. The third-order valence-electron chi connectivity index (χ3n) is 3.88. The lowest BCUT2D eigenvalue weighted by atomic mass is 10.1. The summed E-state index contributed by atoms with van der Waals surface area (Å²) in [7, 11) is 0. The molecule has 0 bridgehead atoms. The minimum absolute atomic E-state index is 0.0180. The molecule has 2 rings (SSSR count). The van der Waals surface area contributed by atoms with Crippen LogP contribution in [0.4, 0.5) is 13.2 Å². The van der Waals surface area contributed by atoms with Crippen LogP contribution in [0.1, 0.15) is 24.4 Å². The van der Waals surface area contributed by atoms with E-state index in [1.165, 1.54) is 24.3 Å². The van der Waals surface area contributed by atoms with Crippen LogP contribution in [0.15, 0.2) is 30.3 Å². The Hall–Kier alpha value is -1.60. The summed E-state index contributed by atoms with van der Waals surface area (Å²) in [6.07, 6.45) is -2.83. The topological polar surface area (TPSA) is 61.4 Å². The van der Waals surface area contributed by atoms with Crippen LogP contribution in [0.5, 0.6) is 0 Å². The van der Waals surface area contributed by atoms with Gasteiger partial charge >= 0.3 is 6.18 Å². The molecule has 1 unspecified atom stereocenters. The first-order chi connectivity index (χ1) is 10.4. The van der Waals surface area contributed by atoms with E-state index in [-0.39, 0.29) is 17.6 Å². The highest BCUT2D eigenvalue weighted by atomic mass is 19.4. The van der Waals surface area contributed by atoms with Gasteiger partial charge < -0.3 is 10.4 Å². The number of aliphatic hydroxyl groups excluding tert-OH is 1. The molecule has 1 saturated carbocycles. The molecule has 1 aliphatic rings. The second kappa shape index (κ2) is 6.66. The van der Waals surface area contributed by atoms with Crippen LogP contribution in [0.25, 0.3) is 0 Å². The lowest BCUT2D eigenvalue weighted by molar-refractivity contribution is -0.158. The molecule has 1 aromatic rings. The Bertz CT molecular complexity index is 501. The van der Waals surface area contributed by atoms with Crippen LogP contribution < -0.4 is 10.6 Å². The van der Waals surface area contributed by atoms with E-state index in [9.17, 15) is 18.0 Å². The number of hydrogen-bond acceptors (Lipinski definition) is 3. The number of amides is 1. The highest BCUT2D eigenvalue weighted by Gasteiger charge is 2.43. The maximum atomic E-state index is 13.1. The average Bonchev–Trinajstić information content (AvgIpc) is 3.26. The molecule has 0 saturated heterocycles. The fourth-order valence-electron chi connectivity index (χ4n) is 2.18. The van der Waals surface area contributed by atoms with Gasteiger partial charge in [-0.05, 0) is 18.4 Å². The lowest BCUT2D eigenvalue weighted by Crippen LogP contribution is -2.42. The molecule has 0 spiro atoms. The smallest absolute Gasteiger partial charge is 0.396 e. The third kappa shape index (κ3) is 4.45. The summed E-state index contributed by atoms with van der Waals surface area (Å²) in [6, 6.07) is 5.53. The molecule has 0 aromatic heterocycles. The predicted molar refractivity (Wildman–Crippen MR) is 75.0 cm³/mol. The Morgan fingerprint density at radius 3 is 2.41 bits per heavy atom. The first-order valence-corrected chi connectivity index (χ1v) is 7.09. The molecule has 1 fully saturated rings. The Morgan fingerprint density at radius 2 is 1.91 bits per heavy atom. The Morgan fingerprint density at radius 1 is 1.27 bits per heavy atom. The SMILES string of the molecule is O=C(CNC(c1ccccc1)C(F)(F)F)NCC1(CO)CC1. The van der Waals surface area contributed by atoms with Gasteiger partial charge in [0.05, 0.1) is 13.2 Å². The summed E-state index contributed by atoms with van der Waals surface area (Å²) >= 11 is 0. The maximum absolute atomic E-state index is 13.1. The summed E-state index contributed by atoms with van der Waals surface area (Å²) in [5.41, 5.74) is -0.199. The molecule has 22 heavy (non-hydrogen) atoms. The van der Waals surface area contributed by atoms with Crippen molar-refractivity contribution in [3.05, 3.63) is 35.9 Å². The molecule has 0 aliphatic heterocycles. The molecule has 1 aromatic carbocycles. The summed E-state index contributed by atoms with van der Waals surface area (Å²) in [6.45, 7) is -0.150. The van der Waals surface area contributed by atoms with Gasteiger partial charge in [-0.25, -0.2) is 0 Å². The minimum atomic E-state index is -4.48. The predicted octanol–water partition coefficient (Wildman–Crippen LogP) is 1.77. The molecule has 122 valence electrons. The van der Waals surface area contributed by atoms with Gasteiger partial charge in [0.2, 0.25) is 5.91 Å². The van der Waals surface area contributed by atoms with Gasteiger partial charge in [-0.3, -0.25) is 10.1 Å².